The maximum Gasteiger partial charge on any atom is 0.236 e. The van der Waals surface area contributed by atoms with Crippen molar-refractivity contribution in [2.24, 2.45) is 0 Å². The molecule has 1 aromatic heterocycles. The number of thiophene rings is 1. The van der Waals surface area contributed by atoms with E-state index in [4.69, 9.17) is 0 Å². The predicted molar refractivity (Wildman–Crippen MR) is 72.5 cm³/mol. The van der Waals surface area contributed by atoms with Crippen molar-refractivity contribution in [3.8, 4) is 0 Å². The zero-order chi connectivity index (χ0) is 13.0. The second kappa shape index (κ2) is 6.31. The Morgan fingerprint density at radius 1 is 1.67 bits per heavy atom. The van der Waals surface area contributed by atoms with Gasteiger partial charge in [0.25, 0.3) is 0 Å². The van der Waals surface area contributed by atoms with Gasteiger partial charge in [-0.05, 0) is 30.8 Å². The van der Waals surface area contributed by atoms with E-state index in [1.165, 1.54) is 4.88 Å². The quantitative estimate of drug-likeness (QED) is 0.871. The van der Waals surface area contributed by atoms with E-state index in [9.17, 15) is 9.90 Å². The van der Waals surface area contributed by atoms with Crippen LogP contribution in [0.5, 0.6) is 0 Å². The Kier molecular flexibility index (Phi) is 4.74. The van der Waals surface area contributed by atoms with Gasteiger partial charge in [0, 0.05) is 18.0 Å². The molecule has 0 aromatic carbocycles. The van der Waals surface area contributed by atoms with Gasteiger partial charge in [-0.1, -0.05) is 6.07 Å². The maximum absolute atomic E-state index is 12.1. The molecule has 4 nitrogen and oxygen atoms in total. The number of rotatable bonds is 5. The number of carbonyl (C=O) groups is 1. The standard InChI is InChI=1S/C13H20N2O2S/c1-14(8-12-5-3-7-18-12)13(17)9-15-6-2-4-11(15)10-16/h3,5,7,11,16H,2,4,6,8-10H2,1H3/t11-/m1/s1. The fourth-order valence-corrected chi connectivity index (χ4v) is 3.09. The minimum atomic E-state index is 0.128. The van der Waals surface area contributed by atoms with Crippen LogP contribution < -0.4 is 0 Å². The third-order valence-corrected chi connectivity index (χ3v) is 4.31. The summed E-state index contributed by atoms with van der Waals surface area (Å²) >= 11 is 1.67. The van der Waals surface area contributed by atoms with Crippen LogP contribution in [0.3, 0.4) is 0 Å². The van der Waals surface area contributed by atoms with Crippen LogP contribution in [0.2, 0.25) is 0 Å². The van der Waals surface area contributed by atoms with Gasteiger partial charge in [-0.2, -0.15) is 0 Å². The Bertz CT molecular complexity index is 380. The molecule has 1 atom stereocenters. The summed E-state index contributed by atoms with van der Waals surface area (Å²) in [5.74, 6) is 0.128. The Morgan fingerprint density at radius 3 is 3.17 bits per heavy atom. The largest absolute Gasteiger partial charge is 0.395 e. The highest BCUT2D eigenvalue weighted by molar-refractivity contribution is 7.09. The number of hydrogen-bond acceptors (Lipinski definition) is 4. The molecule has 2 heterocycles. The number of aliphatic hydroxyl groups excluding tert-OH is 1. The summed E-state index contributed by atoms with van der Waals surface area (Å²) in [7, 11) is 1.84. The summed E-state index contributed by atoms with van der Waals surface area (Å²) in [6.45, 7) is 2.17. The molecule has 1 fully saturated rings. The molecular weight excluding hydrogens is 248 g/mol. The number of carbonyl (C=O) groups excluding carboxylic acids is 1. The minimum absolute atomic E-state index is 0.128. The van der Waals surface area contributed by atoms with Gasteiger partial charge < -0.3 is 10.0 Å². The first kappa shape index (κ1) is 13.5. The molecule has 1 aromatic rings. The first-order valence-corrected chi connectivity index (χ1v) is 7.20. The van der Waals surface area contributed by atoms with Crippen LogP contribution in [0.15, 0.2) is 17.5 Å². The molecule has 0 spiro atoms. The zero-order valence-electron chi connectivity index (χ0n) is 10.7. The van der Waals surface area contributed by atoms with E-state index < -0.39 is 0 Å². The van der Waals surface area contributed by atoms with Gasteiger partial charge >= 0.3 is 0 Å². The average Bonchev–Trinajstić information content (AvgIpc) is 2.99. The maximum atomic E-state index is 12.1. The molecule has 1 N–H and O–H groups in total. The van der Waals surface area contributed by atoms with Crippen LogP contribution >= 0.6 is 11.3 Å². The van der Waals surface area contributed by atoms with Crippen LogP contribution in [0, 0.1) is 0 Å². The minimum Gasteiger partial charge on any atom is -0.395 e. The predicted octanol–water partition coefficient (Wildman–Crippen LogP) is 1.16. The number of aliphatic hydroxyl groups is 1. The Hall–Kier alpha value is -0.910. The number of amides is 1. The van der Waals surface area contributed by atoms with Crippen LogP contribution in [-0.2, 0) is 11.3 Å². The average molecular weight is 268 g/mol. The zero-order valence-corrected chi connectivity index (χ0v) is 11.5. The molecule has 0 radical (unpaired) electrons. The van der Waals surface area contributed by atoms with Crippen LogP contribution in [0.1, 0.15) is 17.7 Å². The lowest BCUT2D eigenvalue weighted by Crippen LogP contribution is -2.41. The number of likely N-dealkylation sites (tertiary alicyclic amines) is 1. The van der Waals surface area contributed by atoms with Gasteiger partial charge in [0.1, 0.15) is 0 Å². The van der Waals surface area contributed by atoms with Crippen molar-refractivity contribution in [2.45, 2.75) is 25.4 Å². The molecule has 1 amide bonds. The summed E-state index contributed by atoms with van der Waals surface area (Å²) in [5.41, 5.74) is 0. The van der Waals surface area contributed by atoms with Crippen molar-refractivity contribution < 1.29 is 9.90 Å². The molecule has 1 aliphatic heterocycles. The second-order valence-corrected chi connectivity index (χ2v) is 5.81. The molecule has 0 saturated carbocycles. The van der Waals surface area contributed by atoms with Crippen molar-refractivity contribution in [3.05, 3.63) is 22.4 Å². The molecular formula is C13H20N2O2S. The van der Waals surface area contributed by atoms with Crippen molar-refractivity contribution in [2.75, 3.05) is 26.7 Å². The van der Waals surface area contributed by atoms with E-state index >= 15 is 0 Å². The lowest BCUT2D eigenvalue weighted by Gasteiger charge is -2.25. The Morgan fingerprint density at radius 2 is 2.50 bits per heavy atom. The summed E-state index contributed by atoms with van der Waals surface area (Å²) < 4.78 is 0. The molecule has 2 rings (SSSR count). The van der Waals surface area contributed by atoms with Crippen molar-refractivity contribution in [3.63, 3.8) is 0 Å². The first-order valence-electron chi connectivity index (χ1n) is 6.32. The van der Waals surface area contributed by atoms with E-state index in [-0.39, 0.29) is 18.6 Å². The molecule has 100 valence electrons. The molecule has 0 unspecified atom stereocenters. The normalized spacial score (nSPS) is 20.2. The first-order chi connectivity index (χ1) is 8.70. The molecule has 1 saturated heterocycles. The molecule has 0 aliphatic carbocycles. The van der Waals surface area contributed by atoms with Crippen molar-refractivity contribution in [1.82, 2.24) is 9.80 Å². The van der Waals surface area contributed by atoms with Crippen LogP contribution in [0.25, 0.3) is 0 Å². The van der Waals surface area contributed by atoms with Gasteiger partial charge in [0.2, 0.25) is 5.91 Å². The SMILES string of the molecule is CN(Cc1cccs1)C(=O)CN1CCC[C@@H]1CO. The highest BCUT2D eigenvalue weighted by Crippen LogP contribution is 2.17. The lowest BCUT2D eigenvalue weighted by molar-refractivity contribution is -0.132. The van der Waals surface area contributed by atoms with Crippen LogP contribution in [0.4, 0.5) is 0 Å². The van der Waals surface area contributed by atoms with Crippen molar-refractivity contribution in [1.29, 1.82) is 0 Å². The van der Waals surface area contributed by atoms with Gasteiger partial charge in [-0.15, -0.1) is 11.3 Å². The molecule has 1 aliphatic rings. The van der Waals surface area contributed by atoms with E-state index in [1.54, 1.807) is 16.2 Å². The summed E-state index contributed by atoms with van der Waals surface area (Å²) in [6, 6.07) is 4.21. The Labute approximate surface area is 112 Å². The van der Waals surface area contributed by atoms with E-state index in [0.29, 0.717) is 13.1 Å². The Balaban J connectivity index is 1.83. The fourth-order valence-electron chi connectivity index (χ4n) is 2.33. The molecule has 0 bridgehead atoms. The summed E-state index contributed by atoms with van der Waals surface area (Å²) in [5, 5.41) is 11.3. The van der Waals surface area contributed by atoms with Crippen molar-refractivity contribution >= 4 is 17.2 Å². The number of nitrogens with zero attached hydrogens (tertiary/aromatic N) is 2. The lowest BCUT2D eigenvalue weighted by atomic mass is 10.2. The van der Waals surface area contributed by atoms with Gasteiger partial charge in [0.05, 0.1) is 19.7 Å². The smallest absolute Gasteiger partial charge is 0.236 e. The second-order valence-electron chi connectivity index (χ2n) is 4.78. The highest BCUT2D eigenvalue weighted by Gasteiger charge is 2.26. The third-order valence-electron chi connectivity index (χ3n) is 3.45. The van der Waals surface area contributed by atoms with Gasteiger partial charge in [-0.3, -0.25) is 9.69 Å². The highest BCUT2D eigenvalue weighted by atomic mass is 32.1. The topological polar surface area (TPSA) is 43.8 Å². The monoisotopic (exact) mass is 268 g/mol. The van der Waals surface area contributed by atoms with E-state index in [2.05, 4.69) is 4.90 Å². The van der Waals surface area contributed by atoms with Crippen LogP contribution in [-0.4, -0.2) is 53.6 Å². The third kappa shape index (κ3) is 3.31. The molecule has 5 heteroatoms. The number of hydrogen-bond donors (Lipinski definition) is 1. The summed E-state index contributed by atoms with van der Waals surface area (Å²) in [4.78, 5) is 17.1. The molecule has 18 heavy (non-hydrogen) atoms. The van der Waals surface area contributed by atoms with Gasteiger partial charge in [-0.25, -0.2) is 0 Å². The van der Waals surface area contributed by atoms with E-state index in [0.717, 1.165) is 19.4 Å². The number of likely N-dealkylation sites (N-methyl/N-ethyl adjacent to an activating group) is 1. The van der Waals surface area contributed by atoms with Gasteiger partial charge in [0.15, 0.2) is 0 Å². The fraction of sp³-hybridized carbons (Fsp3) is 0.615. The summed E-state index contributed by atoms with van der Waals surface area (Å²) in [6.07, 6.45) is 2.07. The van der Waals surface area contributed by atoms with E-state index in [1.807, 2.05) is 24.6 Å².